The topological polar surface area (TPSA) is 82.8 Å². The van der Waals surface area contributed by atoms with Gasteiger partial charge in [-0.25, -0.2) is 4.79 Å². The van der Waals surface area contributed by atoms with E-state index in [1.54, 1.807) is 4.90 Å². The Morgan fingerprint density at radius 3 is 2.57 bits per heavy atom. The van der Waals surface area contributed by atoms with E-state index in [9.17, 15) is 4.79 Å². The van der Waals surface area contributed by atoms with Gasteiger partial charge >= 0.3 is 6.03 Å². The standard InChI is InChI=1S/C15H29N5O/c1-3-5-11-10-13(11)19-15(17-4-2)18-12-6-8-20(9-7-12)14(16)21/h11-13H,3-10H2,1-2H3,(H2,16,21)(H2,17,18,19). The maximum Gasteiger partial charge on any atom is 0.314 e. The number of carbonyl (C=O) groups excluding carboxylic acids is 1. The zero-order chi connectivity index (χ0) is 15.2. The van der Waals surface area contributed by atoms with Crippen LogP contribution in [0.3, 0.4) is 0 Å². The number of carbonyl (C=O) groups is 1. The molecule has 2 rings (SSSR count). The molecule has 2 fully saturated rings. The molecule has 1 heterocycles. The van der Waals surface area contributed by atoms with Crippen LogP contribution in [0.2, 0.25) is 0 Å². The van der Waals surface area contributed by atoms with Crippen LogP contribution in [0.25, 0.3) is 0 Å². The fourth-order valence-electron chi connectivity index (χ4n) is 3.02. The number of aliphatic imine (C=N–C) groups is 1. The number of primary amides is 1. The Morgan fingerprint density at radius 2 is 2.00 bits per heavy atom. The van der Waals surface area contributed by atoms with Crippen molar-refractivity contribution in [2.45, 2.75) is 58.0 Å². The zero-order valence-electron chi connectivity index (χ0n) is 13.3. The molecule has 2 amide bonds. The average Bonchev–Trinajstić information content (AvgIpc) is 3.18. The maximum absolute atomic E-state index is 11.1. The second-order valence-corrected chi connectivity index (χ2v) is 6.10. The van der Waals surface area contributed by atoms with Crippen LogP contribution < -0.4 is 16.4 Å². The molecule has 0 aromatic rings. The molecule has 0 aromatic carbocycles. The van der Waals surface area contributed by atoms with Crippen LogP contribution in [0.15, 0.2) is 4.99 Å². The quantitative estimate of drug-likeness (QED) is 0.528. The second kappa shape index (κ2) is 7.52. The zero-order valence-corrected chi connectivity index (χ0v) is 13.3. The van der Waals surface area contributed by atoms with Gasteiger partial charge in [-0.3, -0.25) is 4.99 Å². The first-order valence-corrected chi connectivity index (χ1v) is 8.25. The predicted octanol–water partition coefficient (Wildman–Crippen LogP) is 1.27. The number of nitrogens with one attached hydrogen (secondary N) is 2. The molecule has 1 saturated carbocycles. The fourth-order valence-corrected chi connectivity index (χ4v) is 3.02. The van der Waals surface area contributed by atoms with Crippen LogP contribution in [0, 0.1) is 5.92 Å². The molecular weight excluding hydrogens is 266 g/mol. The highest BCUT2D eigenvalue weighted by Gasteiger charge is 2.37. The SMILES string of the molecule is CCCC1CC1NC(=NCC)NC1CCN(C(N)=O)CC1. The Morgan fingerprint density at radius 1 is 1.29 bits per heavy atom. The van der Waals surface area contributed by atoms with Crippen LogP contribution in [0.1, 0.15) is 46.0 Å². The van der Waals surface area contributed by atoms with E-state index >= 15 is 0 Å². The normalized spacial score (nSPS) is 26.6. The lowest BCUT2D eigenvalue weighted by molar-refractivity contribution is 0.188. The molecule has 0 radical (unpaired) electrons. The molecule has 21 heavy (non-hydrogen) atoms. The lowest BCUT2D eigenvalue weighted by Crippen LogP contribution is -2.51. The fraction of sp³-hybridized carbons (Fsp3) is 0.867. The summed E-state index contributed by atoms with van der Waals surface area (Å²) in [6.45, 7) is 6.53. The van der Waals surface area contributed by atoms with Gasteiger partial charge in [0.1, 0.15) is 0 Å². The second-order valence-electron chi connectivity index (χ2n) is 6.10. The number of urea groups is 1. The number of rotatable bonds is 5. The van der Waals surface area contributed by atoms with E-state index in [1.165, 1.54) is 19.3 Å². The monoisotopic (exact) mass is 295 g/mol. The van der Waals surface area contributed by atoms with Gasteiger partial charge in [0.2, 0.25) is 0 Å². The molecule has 6 nitrogen and oxygen atoms in total. The molecule has 2 atom stereocenters. The van der Waals surface area contributed by atoms with Crippen molar-refractivity contribution >= 4 is 12.0 Å². The minimum absolute atomic E-state index is 0.311. The minimum Gasteiger partial charge on any atom is -0.354 e. The summed E-state index contributed by atoms with van der Waals surface area (Å²) in [6.07, 6.45) is 5.67. The van der Waals surface area contributed by atoms with Gasteiger partial charge in [0.15, 0.2) is 5.96 Å². The van der Waals surface area contributed by atoms with E-state index in [2.05, 4.69) is 29.5 Å². The van der Waals surface area contributed by atoms with E-state index in [0.717, 1.165) is 44.4 Å². The number of nitrogens with zero attached hydrogens (tertiary/aromatic N) is 2. The van der Waals surface area contributed by atoms with E-state index in [-0.39, 0.29) is 6.03 Å². The number of hydrogen-bond donors (Lipinski definition) is 3. The van der Waals surface area contributed by atoms with Gasteiger partial charge in [-0.05, 0) is 38.5 Å². The summed E-state index contributed by atoms with van der Waals surface area (Å²) in [6, 6.07) is 0.657. The Hall–Kier alpha value is -1.46. The van der Waals surface area contributed by atoms with Crippen molar-refractivity contribution < 1.29 is 4.79 Å². The molecule has 2 aliphatic rings. The molecule has 120 valence electrons. The first kappa shape index (κ1) is 15.9. The highest BCUT2D eigenvalue weighted by Crippen LogP contribution is 2.34. The van der Waals surface area contributed by atoms with Crippen molar-refractivity contribution in [3.8, 4) is 0 Å². The Balaban J connectivity index is 1.76. The number of likely N-dealkylation sites (tertiary alicyclic amines) is 1. The average molecular weight is 295 g/mol. The number of hydrogen-bond acceptors (Lipinski definition) is 2. The van der Waals surface area contributed by atoms with Gasteiger partial charge < -0.3 is 21.3 Å². The molecule has 0 bridgehead atoms. The summed E-state index contributed by atoms with van der Waals surface area (Å²) in [4.78, 5) is 17.4. The maximum atomic E-state index is 11.1. The lowest BCUT2D eigenvalue weighted by Gasteiger charge is -2.32. The molecule has 4 N–H and O–H groups in total. The van der Waals surface area contributed by atoms with Gasteiger partial charge in [0.05, 0.1) is 0 Å². The third-order valence-electron chi connectivity index (χ3n) is 4.37. The summed E-state index contributed by atoms with van der Waals surface area (Å²) in [5, 5.41) is 7.05. The van der Waals surface area contributed by atoms with E-state index < -0.39 is 0 Å². The Bertz CT molecular complexity index is 376. The number of amides is 2. The number of guanidine groups is 1. The minimum atomic E-state index is -0.311. The molecule has 6 heteroatoms. The molecule has 1 aliphatic carbocycles. The first-order valence-electron chi connectivity index (χ1n) is 8.25. The summed E-state index contributed by atoms with van der Waals surface area (Å²) in [5.41, 5.74) is 5.31. The Kier molecular flexibility index (Phi) is 5.70. The summed E-state index contributed by atoms with van der Waals surface area (Å²) >= 11 is 0. The van der Waals surface area contributed by atoms with Gasteiger partial charge in [-0.2, -0.15) is 0 Å². The van der Waals surface area contributed by atoms with Gasteiger partial charge in [0, 0.05) is 31.7 Å². The summed E-state index contributed by atoms with van der Waals surface area (Å²) in [7, 11) is 0. The van der Waals surface area contributed by atoms with Gasteiger partial charge in [-0.1, -0.05) is 13.3 Å². The van der Waals surface area contributed by atoms with Crippen molar-refractivity contribution in [3.63, 3.8) is 0 Å². The largest absolute Gasteiger partial charge is 0.354 e. The smallest absolute Gasteiger partial charge is 0.314 e. The lowest BCUT2D eigenvalue weighted by atomic mass is 10.1. The van der Waals surface area contributed by atoms with Crippen molar-refractivity contribution in [3.05, 3.63) is 0 Å². The number of nitrogens with two attached hydrogens (primary N) is 1. The van der Waals surface area contributed by atoms with Crippen LogP contribution in [-0.2, 0) is 0 Å². The summed E-state index contributed by atoms with van der Waals surface area (Å²) in [5.74, 6) is 1.74. The molecule has 2 unspecified atom stereocenters. The van der Waals surface area contributed by atoms with E-state index in [4.69, 9.17) is 5.73 Å². The third kappa shape index (κ3) is 4.79. The molecule has 0 spiro atoms. The van der Waals surface area contributed by atoms with Crippen LogP contribution in [0.5, 0.6) is 0 Å². The highest BCUT2D eigenvalue weighted by molar-refractivity contribution is 5.81. The van der Waals surface area contributed by atoms with Crippen LogP contribution >= 0.6 is 0 Å². The summed E-state index contributed by atoms with van der Waals surface area (Å²) < 4.78 is 0. The third-order valence-corrected chi connectivity index (χ3v) is 4.37. The molecule has 1 aliphatic heterocycles. The van der Waals surface area contributed by atoms with Crippen molar-refractivity contribution in [2.24, 2.45) is 16.6 Å². The molecule has 0 aromatic heterocycles. The van der Waals surface area contributed by atoms with Crippen molar-refractivity contribution in [1.29, 1.82) is 0 Å². The Labute approximate surface area is 127 Å². The molecule has 1 saturated heterocycles. The van der Waals surface area contributed by atoms with E-state index in [0.29, 0.717) is 12.1 Å². The van der Waals surface area contributed by atoms with Gasteiger partial charge in [-0.15, -0.1) is 0 Å². The van der Waals surface area contributed by atoms with Crippen molar-refractivity contribution in [2.75, 3.05) is 19.6 Å². The van der Waals surface area contributed by atoms with Crippen molar-refractivity contribution in [1.82, 2.24) is 15.5 Å². The van der Waals surface area contributed by atoms with Gasteiger partial charge in [0.25, 0.3) is 0 Å². The highest BCUT2D eigenvalue weighted by atomic mass is 16.2. The van der Waals surface area contributed by atoms with Crippen LogP contribution in [0.4, 0.5) is 4.79 Å². The molecular formula is C15H29N5O. The van der Waals surface area contributed by atoms with E-state index in [1.807, 2.05) is 0 Å². The number of piperidine rings is 1. The predicted molar refractivity (Wildman–Crippen MR) is 85.2 cm³/mol. The van der Waals surface area contributed by atoms with Crippen LogP contribution in [-0.4, -0.2) is 48.6 Å². The first-order chi connectivity index (χ1) is 10.1.